The van der Waals surface area contributed by atoms with Crippen molar-refractivity contribution in [3.8, 4) is 0 Å². The molecule has 3 heterocycles. The van der Waals surface area contributed by atoms with Crippen molar-refractivity contribution in [1.82, 2.24) is 30.1 Å². The van der Waals surface area contributed by atoms with Gasteiger partial charge in [-0.25, -0.2) is 4.68 Å². The molecule has 2 aromatic heterocycles. The molecule has 7 heteroatoms. The lowest BCUT2D eigenvalue weighted by Gasteiger charge is -2.37. The Balaban J connectivity index is 1.37. The average Bonchev–Trinajstić information content (AvgIpc) is 3.43. The van der Waals surface area contributed by atoms with Crippen LogP contribution in [0.1, 0.15) is 85.1 Å². The van der Waals surface area contributed by atoms with E-state index in [4.69, 9.17) is 0 Å². The Morgan fingerprint density at radius 3 is 2.45 bits per heavy atom. The number of aromatic nitrogens is 5. The van der Waals surface area contributed by atoms with Gasteiger partial charge in [-0.1, -0.05) is 61.7 Å². The summed E-state index contributed by atoms with van der Waals surface area (Å²) in [6.07, 6.45) is 9.17. The quantitative estimate of drug-likeness (QED) is 0.361. The molecule has 7 nitrogen and oxygen atoms in total. The number of pyridine rings is 1. The van der Waals surface area contributed by atoms with E-state index in [9.17, 15) is 4.79 Å². The van der Waals surface area contributed by atoms with E-state index in [0.717, 1.165) is 78.6 Å². The number of aromatic amines is 1. The van der Waals surface area contributed by atoms with Crippen LogP contribution in [0.5, 0.6) is 0 Å². The van der Waals surface area contributed by atoms with Crippen LogP contribution in [0, 0.1) is 19.8 Å². The van der Waals surface area contributed by atoms with Crippen LogP contribution in [0.4, 0.5) is 0 Å². The summed E-state index contributed by atoms with van der Waals surface area (Å²) in [5, 5.41) is 14.3. The molecule has 1 unspecified atom stereocenters. The molecule has 0 spiro atoms. The van der Waals surface area contributed by atoms with Gasteiger partial charge in [0.2, 0.25) is 0 Å². The summed E-state index contributed by atoms with van der Waals surface area (Å²) in [6, 6.07) is 17.1. The fraction of sp³-hybridized carbons (Fsp3) is 0.484. The summed E-state index contributed by atoms with van der Waals surface area (Å²) in [6.45, 7) is 6.00. The number of fused-ring (bicyclic) bond motifs is 1. The first-order valence-corrected chi connectivity index (χ1v) is 14.3. The third-order valence-corrected chi connectivity index (χ3v) is 8.83. The second kappa shape index (κ2) is 10.8. The number of aryl methyl sites for hydroxylation is 2. The molecular weight excluding hydrogens is 472 g/mol. The number of piperidine rings is 1. The van der Waals surface area contributed by atoms with E-state index in [1.54, 1.807) is 0 Å². The summed E-state index contributed by atoms with van der Waals surface area (Å²) >= 11 is 0. The van der Waals surface area contributed by atoms with Crippen molar-refractivity contribution in [2.24, 2.45) is 5.92 Å². The van der Waals surface area contributed by atoms with E-state index in [-0.39, 0.29) is 11.6 Å². The van der Waals surface area contributed by atoms with Crippen molar-refractivity contribution in [3.63, 3.8) is 0 Å². The molecule has 2 fully saturated rings. The van der Waals surface area contributed by atoms with Crippen LogP contribution >= 0.6 is 0 Å². The van der Waals surface area contributed by atoms with E-state index in [2.05, 4.69) is 87.8 Å². The van der Waals surface area contributed by atoms with Gasteiger partial charge in [-0.3, -0.25) is 9.69 Å². The van der Waals surface area contributed by atoms with Gasteiger partial charge < -0.3 is 4.98 Å². The maximum absolute atomic E-state index is 13.7. The molecule has 6 rings (SSSR count). The second-order valence-electron chi connectivity index (χ2n) is 11.4. The number of hydrogen-bond acceptors (Lipinski definition) is 5. The van der Waals surface area contributed by atoms with Gasteiger partial charge in [0.25, 0.3) is 5.56 Å². The highest BCUT2D eigenvalue weighted by Crippen LogP contribution is 2.35. The molecule has 1 saturated heterocycles. The first kappa shape index (κ1) is 25.0. The largest absolute Gasteiger partial charge is 0.321 e. The number of nitrogens with one attached hydrogen (secondary N) is 1. The Morgan fingerprint density at radius 1 is 0.947 bits per heavy atom. The van der Waals surface area contributed by atoms with Gasteiger partial charge in [-0.2, -0.15) is 0 Å². The van der Waals surface area contributed by atoms with Crippen molar-refractivity contribution in [2.75, 3.05) is 13.1 Å². The number of nitrogens with zero attached hydrogens (tertiary/aromatic N) is 5. The highest BCUT2D eigenvalue weighted by atomic mass is 16.1. The van der Waals surface area contributed by atoms with Crippen molar-refractivity contribution in [1.29, 1.82) is 0 Å². The molecule has 0 radical (unpaired) electrons. The zero-order chi connectivity index (χ0) is 26.1. The predicted molar refractivity (Wildman–Crippen MR) is 150 cm³/mol. The fourth-order valence-corrected chi connectivity index (χ4v) is 6.62. The Kier molecular flexibility index (Phi) is 7.11. The normalized spacial score (nSPS) is 18.7. The number of hydrogen-bond donors (Lipinski definition) is 1. The predicted octanol–water partition coefficient (Wildman–Crippen LogP) is 5.68. The summed E-state index contributed by atoms with van der Waals surface area (Å²) in [7, 11) is 0. The minimum Gasteiger partial charge on any atom is -0.321 e. The zero-order valence-corrected chi connectivity index (χ0v) is 22.6. The van der Waals surface area contributed by atoms with Gasteiger partial charge in [0, 0.05) is 10.9 Å². The highest BCUT2D eigenvalue weighted by Gasteiger charge is 2.35. The van der Waals surface area contributed by atoms with Crippen molar-refractivity contribution < 1.29 is 0 Å². The van der Waals surface area contributed by atoms with Crippen LogP contribution in [0.3, 0.4) is 0 Å². The molecule has 1 aliphatic heterocycles. The molecule has 1 saturated carbocycles. The molecule has 0 bridgehead atoms. The maximum atomic E-state index is 13.7. The Hall–Kier alpha value is -3.32. The van der Waals surface area contributed by atoms with Crippen LogP contribution in [0.25, 0.3) is 10.9 Å². The van der Waals surface area contributed by atoms with E-state index >= 15 is 0 Å². The SMILES string of the molecule is Cc1ccc(C)c2[nH]c(=O)c(C(c3nnnn3C3CCCCC3)N3CCC(Cc4ccccc4)CC3)cc12. The third kappa shape index (κ3) is 4.92. The number of tetrazole rings is 1. The van der Waals surface area contributed by atoms with E-state index in [1.165, 1.54) is 24.8 Å². The smallest absolute Gasteiger partial charge is 0.253 e. The van der Waals surface area contributed by atoms with Gasteiger partial charge in [0.05, 0.1) is 11.6 Å². The molecular formula is C31H38N6O. The molecule has 2 aliphatic rings. The molecule has 198 valence electrons. The summed E-state index contributed by atoms with van der Waals surface area (Å²) in [5.41, 5.74) is 5.28. The number of rotatable bonds is 6. The highest BCUT2D eigenvalue weighted by molar-refractivity contribution is 5.85. The van der Waals surface area contributed by atoms with Gasteiger partial charge in [-0.15, -0.1) is 5.10 Å². The number of likely N-dealkylation sites (tertiary alicyclic amines) is 1. The summed E-state index contributed by atoms with van der Waals surface area (Å²) < 4.78 is 2.05. The zero-order valence-electron chi connectivity index (χ0n) is 22.6. The number of H-pyrrole nitrogens is 1. The summed E-state index contributed by atoms with van der Waals surface area (Å²) in [4.78, 5) is 19.4. The topological polar surface area (TPSA) is 79.7 Å². The molecule has 1 N–H and O–H groups in total. The lowest BCUT2D eigenvalue weighted by Crippen LogP contribution is -2.41. The Morgan fingerprint density at radius 2 is 1.68 bits per heavy atom. The van der Waals surface area contributed by atoms with Gasteiger partial charge >= 0.3 is 0 Å². The Bertz CT molecular complexity index is 1440. The van der Waals surface area contributed by atoms with Crippen LogP contribution in [-0.4, -0.2) is 43.2 Å². The van der Waals surface area contributed by atoms with Gasteiger partial charge in [-0.05, 0) is 98.1 Å². The fourth-order valence-electron chi connectivity index (χ4n) is 6.62. The monoisotopic (exact) mass is 510 g/mol. The second-order valence-corrected chi connectivity index (χ2v) is 11.4. The lowest BCUT2D eigenvalue weighted by atomic mass is 9.88. The minimum atomic E-state index is -0.266. The molecule has 38 heavy (non-hydrogen) atoms. The standard InChI is InChI=1S/C31H38N6O/c1-21-13-14-22(2)28-26(21)20-27(31(38)32-28)29(30-33-34-35-37(30)25-11-7-4-8-12-25)36-17-15-24(16-18-36)19-23-9-5-3-6-10-23/h3,5-6,9-10,13-14,20,24-25,29H,4,7-8,11-12,15-19H2,1-2H3,(H,32,38). The van der Waals surface area contributed by atoms with Crippen molar-refractivity contribution in [3.05, 3.63) is 87.0 Å². The maximum Gasteiger partial charge on any atom is 0.253 e. The lowest BCUT2D eigenvalue weighted by molar-refractivity contribution is 0.140. The minimum absolute atomic E-state index is 0.0409. The van der Waals surface area contributed by atoms with Crippen LogP contribution in [-0.2, 0) is 6.42 Å². The Labute approximate surface area is 224 Å². The molecule has 2 aromatic carbocycles. The van der Waals surface area contributed by atoms with Crippen molar-refractivity contribution >= 4 is 10.9 Å². The van der Waals surface area contributed by atoms with Crippen LogP contribution in [0.15, 0.2) is 53.3 Å². The molecule has 1 atom stereocenters. The third-order valence-electron chi connectivity index (χ3n) is 8.83. The van der Waals surface area contributed by atoms with Gasteiger partial charge in [0.15, 0.2) is 5.82 Å². The summed E-state index contributed by atoms with van der Waals surface area (Å²) in [5.74, 6) is 1.46. The average molecular weight is 511 g/mol. The first-order valence-electron chi connectivity index (χ1n) is 14.3. The first-order chi connectivity index (χ1) is 18.6. The van der Waals surface area contributed by atoms with Crippen molar-refractivity contribution in [2.45, 2.75) is 77.3 Å². The van der Waals surface area contributed by atoms with E-state index < -0.39 is 0 Å². The molecule has 0 amide bonds. The van der Waals surface area contributed by atoms with E-state index in [1.807, 2.05) is 4.68 Å². The van der Waals surface area contributed by atoms with Crippen LogP contribution in [0.2, 0.25) is 0 Å². The number of benzene rings is 2. The van der Waals surface area contributed by atoms with E-state index in [0.29, 0.717) is 12.0 Å². The molecule has 4 aromatic rings. The van der Waals surface area contributed by atoms with Gasteiger partial charge in [0.1, 0.15) is 6.04 Å². The van der Waals surface area contributed by atoms with Crippen LogP contribution < -0.4 is 5.56 Å². The molecule has 1 aliphatic carbocycles.